The fraction of sp³-hybridized carbons (Fsp3) is 0.133. The normalized spacial score (nSPS) is 10.2. The molecule has 0 atom stereocenters. The van der Waals surface area contributed by atoms with E-state index in [1.54, 1.807) is 36.4 Å². The van der Waals surface area contributed by atoms with Gasteiger partial charge >= 0.3 is 5.97 Å². The summed E-state index contributed by atoms with van der Waals surface area (Å²) in [5, 5.41) is 12.8. The fourth-order valence-corrected chi connectivity index (χ4v) is 2.04. The number of hydrogen-bond acceptors (Lipinski definition) is 3. The van der Waals surface area contributed by atoms with Gasteiger partial charge in [0, 0.05) is 11.8 Å². The summed E-state index contributed by atoms with van der Waals surface area (Å²) in [6.07, 6.45) is 0. The van der Waals surface area contributed by atoms with Crippen molar-refractivity contribution in [2.45, 2.75) is 6.92 Å². The summed E-state index contributed by atoms with van der Waals surface area (Å²) in [5.74, 6) is -0.449. The number of benzene rings is 2. The third-order valence-electron chi connectivity index (χ3n) is 2.84. The highest BCUT2D eigenvalue weighted by Crippen LogP contribution is 2.30. The molecule has 0 aliphatic heterocycles. The van der Waals surface area contributed by atoms with Gasteiger partial charge in [0.25, 0.3) is 0 Å². The zero-order valence-electron chi connectivity index (χ0n) is 11.1. The third kappa shape index (κ3) is 3.03. The first-order chi connectivity index (χ1) is 9.51. The van der Waals surface area contributed by atoms with Gasteiger partial charge < -0.3 is 15.2 Å². The molecule has 104 valence electrons. The van der Waals surface area contributed by atoms with Crippen LogP contribution in [0.2, 0.25) is 5.02 Å². The molecule has 0 fully saturated rings. The molecule has 2 rings (SSSR count). The van der Waals surface area contributed by atoms with E-state index in [0.29, 0.717) is 22.1 Å². The SMILES string of the molecule is COc1cc(Nc2cc(C)ccc2C(=O)O)ccc1Cl. The highest BCUT2D eigenvalue weighted by atomic mass is 35.5. The summed E-state index contributed by atoms with van der Waals surface area (Å²) in [6, 6.07) is 10.3. The summed E-state index contributed by atoms with van der Waals surface area (Å²) in [4.78, 5) is 11.2. The predicted octanol–water partition coefficient (Wildman–Crippen LogP) is 4.10. The van der Waals surface area contributed by atoms with Crippen molar-refractivity contribution in [3.8, 4) is 5.75 Å². The van der Waals surface area contributed by atoms with Crippen LogP contribution in [-0.4, -0.2) is 18.2 Å². The molecule has 0 spiro atoms. The van der Waals surface area contributed by atoms with Crippen LogP contribution in [0.25, 0.3) is 0 Å². The van der Waals surface area contributed by atoms with Gasteiger partial charge in [0.05, 0.1) is 23.4 Å². The van der Waals surface area contributed by atoms with Gasteiger partial charge in [0.2, 0.25) is 0 Å². The molecule has 0 saturated heterocycles. The first-order valence-corrected chi connectivity index (χ1v) is 6.33. The number of aromatic carboxylic acids is 1. The van der Waals surface area contributed by atoms with Crippen molar-refractivity contribution in [3.63, 3.8) is 0 Å². The van der Waals surface area contributed by atoms with Gasteiger partial charge in [-0.3, -0.25) is 0 Å². The Hall–Kier alpha value is -2.20. The van der Waals surface area contributed by atoms with Gasteiger partial charge in [-0.05, 0) is 36.8 Å². The Morgan fingerprint density at radius 1 is 1.25 bits per heavy atom. The van der Waals surface area contributed by atoms with E-state index < -0.39 is 5.97 Å². The molecule has 0 aliphatic carbocycles. The van der Waals surface area contributed by atoms with Crippen molar-refractivity contribution in [3.05, 3.63) is 52.5 Å². The van der Waals surface area contributed by atoms with Crippen LogP contribution in [-0.2, 0) is 0 Å². The van der Waals surface area contributed by atoms with E-state index in [0.717, 1.165) is 5.56 Å². The minimum atomic E-state index is -0.978. The van der Waals surface area contributed by atoms with Crippen molar-refractivity contribution < 1.29 is 14.6 Å². The molecule has 0 saturated carbocycles. The molecule has 0 aromatic heterocycles. The minimum absolute atomic E-state index is 0.213. The van der Waals surface area contributed by atoms with Crippen LogP contribution < -0.4 is 10.1 Å². The number of ether oxygens (including phenoxy) is 1. The van der Waals surface area contributed by atoms with Gasteiger partial charge in [-0.15, -0.1) is 0 Å². The van der Waals surface area contributed by atoms with E-state index >= 15 is 0 Å². The Morgan fingerprint density at radius 2 is 2.00 bits per heavy atom. The molecule has 0 radical (unpaired) electrons. The number of nitrogens with one attached hydrogen (secondary N) is 1. The van der Waals surface area contributed by atoms with Crippen molar-refractivity contribution >= 4 is 28.9 Å². The summed E-state index contributed by atoms with van der Waals surface area (Å²) in [7, 11) is 1.53. The van der Waals surface area contributed by atoms with Crippen LogP contribution in [0.15, 0.2) is 36.4 Å². The van der Waals surface area contributed by atoms with E-state index in [-0.39, 0.29) is 5.56 Å². The number of anilines is 2. The summed E-state index contributed by atoms with van der Waals surface area (Å²) >= 11 is 5.96. The Labute approximate surface area is 122 Å². The lowest BCUT2D eigenvalue weighted by Gasteiger charge is -2.12. The topological polar surface area (TPSA) is 58.6 Å². The van der Waals surface area contributed by atoms with E-state index in [2.05, 4.69) is 5.32 Å². The van der Waals surface area contributed by atoms with Crippen LogP contribution in [0.5, 0.6) is 5.75 Å². The molecule has 0 bridgehead atoms. The molecule has 20 heavy (non-hydrogen) atoms. The number of carbonyl (C=O) groups is 1. The van der Waals surface area contributed by atoms with Crippen LogP contribution in [0.4, 0.5) is 11.4 Å². The smallest absolute Gasteiger partial charge is 0.337 e. The number of rotatable bonds is 4. The zero-order valence-corrected chi connectivity index (χ0v) is 11.9. The second-order valence-electron chi connectivity index (χ2n) is 4.33. The number of aryl methyl sites for hydroxylation is 1. The molecule has 2 aromatic carbocycles. The maximum atomic E-state index is 11.2. The minimum Gasteiger partial charge on any atom is -0.495 e. The molecule has 0 aliphatic rings. The number of carboxylic acids is 1. The predicted molar refractivity (Wildman–Crippen MR) is 79.4 cm³/mol. The monoisotopic (exact) mass is 291 g/mol. The van der Waals surface area contributed by atoms with Crippen molar-refractivity contribution in [2.75, 3.05) is 12.4 Å². The van der Waals surface area contributed by atoms with Crippen LogP contribution >= 0.6 is 11.6 Å². The van der Waals surface area contributed by atoms with Gasteiger partial charge in [-0.2, -0.15) is 0 Å². The summed E-state index contributed by atoms with van der Waals surface area (Å²) < 4.78 is 5.14. The van der Waals surface area contributed by atoms with Crippen molar-refractivity contribution in [1.29, 1.82) is 0 Å². The zero-order chi connectivity index (χ0) is 14.7. The highest BCUT2D eigenvalue weighted by molar-refractivity contribution is 6.32. The van der Waals surface area contributed by atoms with Crippen molar-refractivity contribution in [1.82, 2.24) is 0 Å². The molecule has 5 heteroatoms. The number of halogens is 1. The quantitative estimate of drug-likeness (QED) is 0.890. The van der Waals surface area contributed by atoms with Gasteiger partial charge in [-0.1, -0.05) is 17.7 Å². The summed E-state index contributed by atoms with van der Waals surface area (Å²) in [5.41, 5.74) is 2.42. The molecule has 0 unspecified atom stereocenters. The number of carboxylic acid groups (broad SMARTS) is 1. The van der Waals surface area contributed by atoms with Crippen molar-refractivity contribution in [2.24, 2.45) is 0 Å². The molecule has 2 aromatic rings. The number of hydrogen-bond donors (Lipinski definition) is 2. The lowest BCUT2D eigenvalue weighted by molar-refractivity contribution is 0.0698. The van der Waals surface area contributed by atoms with Crippen LogP contribution in [0.3, 0.4) is 0 Å². The highest BCUT2D eigenvalue weighted by Gasteiger charge is 2.11. The molecule has 2 N–H and O–H groups in total. The second-order valence-corrected chi connectivity index (χ2v) is 4.74. The van der Waals surface area contributed by atoms with E-state index in [1.807, 2.05) is 6.92 Å². The van der Waals surface area contributed by atoms with Crippen LogP contribution in [0, 0.1) is 6.92 Å². The molecule has 0 amide bonds. The van der Waals surface area contributed by atoms with Gasteiger partial charge in [0.1, 0.15) is 5.75 Å². The summed E-state index contributed by atoms with van der Waals surface area (Å²) in [6.45, 7) is 1.90. The van der Waals surface area contributed by atoms with Gasteiger partial charge in [0.15, 0.2) is 0 Å². The number of methoxy groups -OCH3 is 1. The third-order valence-corrected chi connectivity index (χ3v) is 3.15. The Bertz CT molecular complexity index is 656. The molecule has 0 heterocycles. The first-order valence-electron chi connectivity index (χ1n) is 5.96. The maximum absolute atomic E-state index is 11.2. The first kappa shape index (κ1) is 14.2. The van der Waals surface area contributed by atoms with E-state index in [4.69, 9.17) is 16.3 Å². The average molecular weight is 292 g/mol. The lowest BCUT2D eigenvalue weighted by Crippen LogP contribution is -2.03. The largest absolute Gasteiger partial charge is 0.495 e. The fourth-order valence-electron chi connectivity index (χ4n) is 1.84. The van der Waals surface area contributed by atoms with Crippen LogP contribution in [0.1, 0.15) is 15.9 Å². The molecular weight excluding hydrogens is 278 g/mol. The average Bonchev–Trinajstić information content (AvgIpc) is 2.40. The molecular formula is C15H14ClNO3. The van der Waals surface area contributed by atoms with E-state index in [9.17, 15) is 9.90 Å². The van der Waals surface area contributed by atoms with E-state index in [1.165, 1.54) is 7.11 Å². The van der Waals surface area contributed by atoms with Gasteiger partial charge in [-0.25, -0.2) is 4.79 Å². The Balaban J connectivity index is 2.39. The lowest BCUT2D eigenvalue weighted by atomic mass is 10.1. The Morgan fingerprint density at radius 3 is 2.65 bits per heavy atom. The standard InChI is InChI=1S/C15H14ClNO3/c1-9-3-5-11(15(18)19)13(7-9)17-10-4-6-12(16)14(8-10)20-2/h3-8,17H,1-2H3,(H,18,19). The maximum Gasteiger partial charge on any atom is 0.337 e. The molecule has 4 nitrogen and oxygen atoms in total. The Kier molecular flexibility index (Phi) is 4.15. The second kappa shape index (κ2) is 5.84.